The molecule has 78 valence electrons. The lowest BCUT2D eigenvalue weighted by Crippen LogP contribution is -2.31. The van der Waals surface area contributed by atoms with E-state index in [2.05, 4.69) is 22.6 Å². The van der Waals surface area contributed by atoms with Gasteiger partial charge in [0.15, 0.2) is 0 Å². The van der Waals surface area contributed by atoms with Gasteiger partial charge in [-0.3, -0.25) is 0 Å². The standard InChI is InChI=1S/C9H15Cl2IO/c10-5-8(12)9(6-11)13-7-3-1-2-4-7/h7-9H,1-6H2. The number of rotatable bonds is 5. The van der Waals surface area contributed by atoms with E-state index in [9.17, 15) is 0 Å². The van der Waals surface area contributed by atoms with Crippen LogP contribution in [0.1, 0.15) is 25.7 Å². The summed E-state index contributed by atoms with van der Waals surface area (Å²) in [6.07, 6.45) is 5.55. The van der Waals surface area contributed by atoms with Crippen LogP contribution in [-0.2, 0) is 4.74 Å². The summed E-state index contributed by atoms with van der Waals surface area (Å²) in [4.78, 5) is 0. The zero-order chi connectivity index (χ0) is 9.68. The van der Waals surface area contributed by atoms with Gasteiger partial charge >= 0.3 is 0 Å². The molecule has 0 N–H and O–H groups in total. The highest BCUT2D eigenvalue weighted by Crippen LogP contribution is 2.25. The van der Waals surface area contributed by atoms with Gasteiger partial charge < -0.3 is 4.74 Å². The molecule has 0 amide bonds. The second kappa shape index (κ2) is 6.70. The minimum Gasteiger partial charge on any atom is -0.373 e. The van der Waals surface area contributed by atoms with Gasteiger partial charge in [0.25, 0.3) is 0 Å². The molecule has 2 atom stereocenters. The SMILES string of the molecule is ClCC(I)C(CCl)OC1CCCC1. The van der Waals surface area contributed by atoms with Gasteiger partial charge in [-0.2, -0.15) is 0 Å². The maximum Gasteiger partial charge on any atom is 0.0843 e. The van der Waals surface area contributed by atoms with E-state index in [4.69, 9.17) is 27.9 Å². The predicted molar refractivity (Wildman–Crippen MR) is 66.4 cm³/mol. The van der Waals surface area contributed by atoms with Crippen molar-refractivity contribution in [1.29, 1.82) is 0 Å². The Morgan fingerprint density at radius 1 is 1.23 bits per heavy atom. The summed E-state index contributed by atoms with van der Waals surface area (Å²) < 4.78 is 6.22. The van der Waals surface area contributed by atoms with Crippen molar-refractivity contribution in [2.45, 2.75) is 41.8 Å². The van der Waals surface area contributed by atoms with Gasteiger partial charge in [-0.05, 0) is 12.8 Å². The van der Waals surface area contributed by atoms with Gasteiger partial charge in [-0.25, -0.2) is 0 Å². The first-order chi connectivity index (χ1) is 6.27. The van der Waals surface area contributed by atoms with Crippen LogP contribution in [0.3, 0.4) is 0 Å². The quantitative estimate of drug-likeness (QED) is 0.550. The Morgan fingerprint density at radius 2 is 1.85 bits per heavy atom. The molecule has 0 aliphatic heterocycles. The van der Waals surface area contributed by atoms with E-state index in [0.717, 1.165) is 0 Å². The topological polar surface area (TPSA) is 9.23 Å². The summed E-state index contributed by atoms with van der Waals surface area (Å²) in [6, 6.07) is 0. The second-order valence-electron chi connectivity index (χ2n) is 3.41. The average molecular weight is 337 g/mol. The highest BCUT2D eigenvalue weighted by molar-refractivity contribution is 14.1. The summed E-state index contributed by atoms with van der Waals surface area (Å²) in [5, 5.41) is 0. The van der Waals surface area contributed by atoms with Crippen LogP contribution in [0.15, 0.2) is 0 Å². The zero-order valence-electron chi connectivity index (χ0n) is 7.52. The molecule has 1 nitrogen and oxygen atoms in total. The van der Waals surface area contributed by atoms with Crippen LogP contribution >= 0.6 is 45.8 Å². The van der Waals surface area contributed by atoms with E-state index in [1.54, 1.807) is 0 Å². The first kappa shape index (κ1) is 12.3. The Labute approximate surface area is 104 Å². The molecule has 4 heteroatoms. The number of hydrogen-bond acceptors (Lipinski definition) is 1. The predicted octanol–water partition coefficient (Wildman–Crippen LogP) is 3.60. The van der Waals surface area contributed by atoms with Gasteiger partial charge in [0.1, 0.15) is 0 Å². The van der Waals surface area contributed by atoms with Crippen molar-refractivity contribution >= 4 is 45.8 Å². The van der Waals surface area contributed by atoms with Crippen molar-refractivity contribution in [1.82, 2.24) is 0 Å². The summed E-state index contributed by atoms with van der Waals surface area (Å²) in [6.45, 7) is 0. The number of alkyl halides is 3. The van der Waals surface area contributed by atoms with Crippen molar-refractivity contribution in [2.24, 2.45) is 0 Å². The second-order valence-corrected chi connectivity index (χ2v) is 5.62. The molecular formula is C9H15Cl2IO. The molecule has 1 aliphatic rings. The third kappa shape index (κ3) is 4.10. The van der Waals surface area contributed by atoms with Crippen LogP contribution in [0.25, 0.3) is 0 Å². The minimum atomic E-state index is 0.128. The fourth-order valence-corrected chi connectivity index (χ4v) is 2.80. The van der Waals surface area contributed by atoms with E-state index in [1.807, 2.05) is 0 Å². The molecule has 13 heavy (non-hydrogen) atoms. The molecule has 1 fully saturated rings. The highest BCUT2D eigenvalue weighted by Gasteiger charge is 2.24. The Morgan fingerprint density at radius 3 is 2.31 bits per heavy atom. The molecule has 2 unspecified atom stereocenters. The van der Waals surface area contributed by atoms with Crippen LogP contribution < -0.4 is 0 Å². The number of halogens is 3. The van der Waals surface area contributed by atoms with Crippen molar-refractivity contribution in [2.75, 3.05) is 11.8 Å². The third-order valence-electron chi connectivity index (χ3n) is 2.37. The van der Waals surface area contributed by atoms with Crippen molar-refractivity contribution in [3.05, 3.63) is 0 Å². The molecule has 0 aromatic rings. The lowest BCUT2D eigenvalue weighted by atomic mass is 10.2. The Kier molecular flexibility index (Phi) is 6.36. The number of hydrogen-bond donors (Lipinski definition) is 0. The summed E-state index contributed by atoms with van der Waals surface area (Å²) in [7, 11) is 0. The summed E-state index contributed by atoms with van der Waals surface area (Å²) in [5.74, 6) is 1.17. The molecule has 0 saturated heterocycles. The van der Waals surface area contributed by atoms with Crippen molar-refractivity contribution < 1.29 is 4.74 Å². The molecule has 0 aromatic carbocycles. The van der Waals surface area contributed by atoms with Gasteiger partial charge in [0.2, 0.25) is 0 Å². The van der Waals surface area contributed by atoms with Gasteiger partial charge in [-0.15, -0.1) is 23.2 Å². The first-order valence-electron chi connectivity index (χ1n) is 4.69. The highest BCUT2D eigenvalue weighted by atomic mass is 127. The Balaban J connectivity index is 2.29. The molecule has 0 bridgehead atoms. The molecule has 1 saturated carbocycles. The first-order valence-corrected chi connectivity index (χ1v) is 7.01. The zero-order valence-corrected chi connectivity index (χ0v) is 11.2. The molecule has 0 radical (unpaired) electrons. The van der Waals surface area contributed by atoms with Crippen LogP contribution in [0.5, 0.6) is 0 Å². The fraction of sp³-hybridized carbons (Fsp3) is 1.00. The lowest BCUT2D eigenvalue weighted by molar-refractivity contribution is 0.00814. The van der Waals surface area contributed by atoms with Crippen LogP contribution in [-0.4, -0.2) is 27.9 Å². The molecule has 1 rings (SSSR count). The maximum atomic E-state index is 5.89. The average Bonchev–Trinajstić information content (AvgIpc) is 2.65. The Hall–Kier alpha value is 1.27. The maximum absolute atomic E-state index is 5.89. The third-order valence-corrected chi connectivity index (χ3v) is 4.77. The van der Waals surface area contributed by atoms with Crippen molar-refractivity contribution in [3.63, 3.8) is 0 Å². The van der Waals surface area contributed by atoms with E-state index in [1.165, 1.54) is 25.7 Å². The molecule has 0 heterocycles. The van der Waals surface area contributed by atoms with E-state index in [0.29, 0.717) is 21.8 Å². The minimum absolute atomic E-state index is 0.128. The van der Waals surface area contributed by atoms with Gasteiger partial charge in [-0.1, -0.05) is 35.4 Å². The van der Waals surface area contributed by atoms with Gasteiger partial charge in [0, 0.05) is 11.8 Å². The smallest absolute Gasteiger partial charge is 0.0843 e. The molecular weight excluding hydrogens is 322 g/mol. The fourth-order valence-electron chi connectivity index (χ4n) is 1.59. The van der Waals surface area contributed by atoms with E-state index < -0.39 is 0 Å². The van der Waals surface area contributed by atoms with E-state index in [-0.39, 0.29) is 6.10 Å². The number of ether oxygens (including phenoxy) is 1. The van der Waals surface area contributed by atoms with E-state index >= 15 is 0 Å². The largest absolute Gasteiger partial charge is 0.373 e. The van der Waals surface area contributed by atoms with Crippen LogP contribution in [0.4, 0.5) is 0 Å². The summed E-state index contributed by atoms with van der Waals surface area (Å²) in [5.41, 5.74) is 0. The molecule has 1 aliphatic carbocycles. The molecule has 0 spiro atoms. The Bertz CT molecular complexity index is 140. The normalized spacial score (nSPS) is 23.3. The van der Waals surface area contributed by atoms with Gasteiger partial charge in [0.05, 0.1) is 16.1 Å². The van der Waals surface area contributed by atoms with Crippen molar-refractivity contribution in [3.8, 4) is 0 Å². The van der Waals surface area contributed by atoms with Crippen LogP contribution in [0, 0.1) is 0 Å². The monoisotopic (exact) mass is 336 g/mol. The summed E-state index contributed by atoms with van der Waals surface area (Å²) >= 11 is 13.9. The lowest BCUT2D eigenvalue weighted by Gasteiger charge is -2.23. The molecule has 0 aromatic heterocycles. The van der Waals surface area contributed by atoms with Crippen LogP contribution in [0.2, 0.25) is 0 Å².